The predicted molar refractivity (Wildman–Crippen MR) is 68.5 cm³/mol. The molecule has 3 nitrogen and oxygen atoms in total. The smallest absolute Gasteiger partial charge is 0.416 e. The van der Waals surface area contributed by atoms with Gasteiger partial charge in [0.05, 0.1) is 11.7 Å². The summed E-state index contributed by atoms with van der Waals surface area (Å²) in [7, 11) is 1.97. The van der Waals surface area contributed by atoms with Crippen molar-refractivity contribution in [2.24, 2.45) is 5.92 Å². The van der Waals surface area contributed by atoms with E-state index in [9.17, 15) is 18.3 Å². The number of hydrogen-bond donors (Lipinski definition) is 1. The molecule has 1 aromatic rings. The van der Waals surface area contributed by atoms with Gasteiger partial charge in [0.15, 0.2) is 0 Å². The molecule has 1 saturated heterocycles. The summed E-state index contributed by atoms with van der Waals surface area (Å²) in [5, 5.41) is 9.98. The van der Waals surface area contributed by atoms with Gasteiger partial charge in [-0.2, -0.15) is 13.2 Å². The molecule has 0 amide bonds. The number of halogens is 3. The van der Waals surface area contributed by atoms with Crippen LogP contribution in [0.15, 0.2) is 24.3 Å². The minimum absolute atomic E-state index is 0.0137. The third kappa shape index (κ3) is 3.86. The van der Waals surface area contributed by atoms with Crippen molar-refractivity contribution in [3.63, 3.8) is 0 Å². The molecular formula is C14H18F3NO2. The topological polar surface area (TPSA) is 32.7 Å². The number of ether oxygens (including phenoxy) is 1. The normalized spacial score (nSPS) is 21.9. The molecule has 20 heavy (non-hydrogen) atoms. The van der Waals surface area contributed by atoms with Crippen LogP contribution in [-0.2, 0) is 6.18 Å². The number of rotatable bonds is 4. The molecule has 0 spiro atoms. The fourth-order valence-electron chi connectivity index (χ4n) is 2.36. The summed E-state index contributed by atoms with van der Waals surface area (Å²) in [6.45, 7) is 1.72. The van der Waals surface area contributed by atoms with Gasteiger partial charge in [-0.1, -0.05) is 6.07 Å². The molecule has 0 radical (unpaired) electrons. The molecule has 112 valence electrons. The van der Waals surface area contributed by atoms with E-state index in [2.05, 4.69) is 4.90 Å². The van der Waals surface area contributed by atoms with Crippen molar-refractivity contribution in [1.82, 2.24) is 4.90 Å². The fraction of sp³-hybridized carbons (Fsp3) is 0.571. The van der Waals surface area contributed by atoms with Gasteiger partial charge in [0.1, 0.15) is 12.4 Å². The van der Waals surface area contributed by atoms with Crippen LogP contribution in [0.1, 0.15) is 12.0 Å². The Kier molecular flexibility index (Phi) is 4.55. The average molecular weight is 289 g/mol. The Morgan fingerprint density at radius 2 is 2.20 bits per heavy atom. The molecule has 6 heteroatoms. The van der Waals surface area contributed by atoms with E-state index in [4.69, 9.17) is 4.74 Å². The Morgan fingerprint density at radius 1 is 1.45 bits per heavy atom. The van der Waals surface area contributed by atoms with Crippen LogP contribution in [0.3, 0.4) is 0 Å². The van der Waals surface area contributed by atoms with Crippen LogP contribution < -0.4 is 4.74 Å². The van der Waals surface area contributed by atoms with Gasteiger partial charge in [-0.05, 0) is 38.2 Å². The molecule has 2 atom stereocenters. The molecule has 2 unspecified atom stereocenters. The molecule has 1 heterocycles. The zero-order valence-corrected chi connectivity index (χ0v) is 11.2. The van der Waals surface area contributed by atoms with Crippen molar-refractivity contribution in [3.8, 4) is 5.75 Å². The number of nitrogens with zero attached hydrogens (tertiary/aromatic N) is 1. The van der Waals surface area contributed by atoms with Crippen LogP contribution >= 0.6 is 0 Å². The highest BCUT2D eigenvalue weighted by Gasteiger charge is 2.31. The van der Waals surface area contributed by atoms with Gasteiger partial charge in [-0.3, -0.25) is 0 Å². The first-order chi connectivity index (χ1) is 9.36. The Morgan fingerprint density at radius 3 is 2.80 bits per heavy atom. The summed E-state index contributed by atoms with van der Waals surface area (Å²) < 4.78 is 42.9. The molecule has 0 aromatic heterocycles. The molecule has 2 rings (SSSR count). The lowest BCUT2D eigenvalue weighted by Gasteiger charge is -2.19. The quantitative estimate of drug-likeness (QED) is 0.924. The highest BCUT2D eigenvalue weighted by molar-refractivity contribution is 5.30. The lowest BCUT2D eigenvalue weighted by atomic mass is 10.0. The molecule has 1 fully saturated rings. The number of aliphatic hydroxyl groups excluding tert-OH is 1. The van der Waals surface area contributed by atoms with E-state index in [1.54, 1.807) is 0 Å². The Labute approximate surface area is 116 Å². The van der Waals surface area contributed by atoms with Gasteiger partial charge >= 0.3 is 6.18 Å². The van der Waals surface area contributed by atoms with Crippen LogP contribution in [0.25, 0.3) is 0 Å². The average Bonchev–Trinajstić information content (AvgIpc) is 2.82. The molecule has 1 aliphatic rings. The highest BCUT2D eigenvalue weighted by Crippen LogP contribution is 2.31. The maximum absolute atomic E-state index is 12.5. The first-order valence-electron chi connectivity index (χ1n) is 6.53. The zero-order chi connectivity index (χ0) is 14.8. The van der Waals surface area contributed by atoms with Crippen molar-refractivity contribution < 1.29 is 23.0 Å². The Hall–Kier alpha value is -1.27. The van der Waals surface area contributed by atoms with Gasteiger partial charge < -0.3 is 14.7 Å². The summed E-state index contributed by atoms with van der Waals surface area (Å²) in [5.41, 5.74) is -0.745. The van der Waals surface area contributed by atoms with Crippen molar-refractivity contribution in [2.75, 3.05) is 26.7 Å². The van der Waals surface area contributed by atoms with Gasteiger partial charge in [0.25, 0.3) is 0 Å². The van der Waals surface area contributed by atoms with Crippen LogP contribution in [0.4, 0.5) is 13.2 Å². The number of aliphatic hydroxyl groups is 1. The van der Waals surface area contributed by atoms with E-state index in [0.717, 1.165) is 31.6 Å². The maximum Gasteiger partial charge on any atom is 0.416 e. The second-order valence-electron chi connectivity index (χ2n) is 5.21. The minimum Gasteiger partial charge on any atom is -0.491 e. The molecule has 1 aromatic carbocycles. The first-order valence-corrected chi connectivity index (χ1v) is 6.53. The zero-order valence-electron chi connectivity index (χ0n) is 11.2. The monoisotopic (exact) mass is 289 g/mol. The summed E-state index contributed by atoms with van der Waals surface area (Å²) in [4.78, 5) is 2.11. The van der Waals surface area contributed by atoms with Gasteiger partial charge in [0.2, 0.25) is 0 Å². The SMILES string of the molecule is CN1CCC(C(O)COc2cccc(C(F)(F)F)c2)C1. The summed E-state index contributed by atoms with van der Waals surface area (Å²) in [5.74, 6) is 0.246. The maximum atomic E-state index is 12.5. The molecule has 0 saturated carbocycles. The van der Waals surface area contributed by atoms with E-state index >= 15 is 0 Å². The highest BCUT2D eigenvalue weighted by atomic mass is 19.4. The van der Waals surface area contributed by atoms with E-state index < -0.39 is 17.8 Å². The predicted octanol–water partition coefficient (Wildman–Crippen LogP) is 2.40. The van der Waals surface area contributed by atoms with Crippen molar-refractivity contribution in [3.05, 3.63) is 29.8 Å². The van der Waals surface area contributed by atoms with Crippen LogP contribution in [0.2, 0.25) is 0 Å². The Balaban J connectivity index is 1.91. The Bertz CT molecular complexity index is 450. The summed E-state index contributed by atoms with van der Waals surface area (Å²) >= 11 is 0. The lowest BCUT2D eigenvalue weighted by molar-refractivity contribution is -0.137. The van der Waals surface area contributed by atoms with Crippen LogP contribution in [0.5, 0.6) is 5.75 Å². The van der Waals surface area contributed by atoms with Gasteiger partial charge in [0, 0.05) is 12.5 Å². The van der Waals surface area contributed by atoms with Crippen LogP contribution in [-0.4, -0.2) is 42.9 Å². The van der Waals surface area contributed by atoms with Gasteiger partial charge in [-0.15, -0.1) is 0 Å². The molecule has 0 aliphatic carbocycles. The summed E-state index contributed by atoms with van der Waals surface area (Å²) in [6, 6.07) is 4.71. The largest absolute Gasteiger partial charge is 0.491 e. The number of hydrogen-bond acceptors (Lipinski definition) is 3. The lowest BCUT2D eigenvalue weighted by Crippen LogP contribution is -2.29. The van der Waals surface area contributed by atoms with Crippen molar-refractivity contribution >= 4 is 0 Å². The second kappa shape index (κ2) is 6.01. The minimum atomic E-state index is -4.38. The van der Waals surface area contributed by atoms with E-state index in [1.807, 2.05) is 7.05 Å². The number of benzene rings is 1. The van der Waals surface area contributed by atoms with E-state index in [-0.39, 0.29) is 18.3 Å². The van der Waals surface area contributed by atoms with E-state index in [0.29, 0.717) is 0 Å². The van der Waals surface area contributed by atoms with Crippen LogP contribution in [0, 0.1) is 5.92 Å². The van der Waals surface area contributed by atoms with Crippen molar-refractivity contribution in [2.45, 2.75) is 18.7 Å². The van der Waals surface area contributed by atoms with Gasteiger partial charge in [-0.25, -0.2) is 0 Å². The third-order valence-electron chi connectivity index (χ3n) is 3.55. The first kappa shape index (κ1) is 15.1. The second-order valence-corrected chi connectivity index (χ2v) is 5.21. The number of likely N-dealkylation sites (tertiary alicyclic amines) is 1. The summed E-state index contributed by atoms with van der Waals surface area (Å²) in [6.07, 6.45) is -4.16. The third-order valence-corrected chi connectivity index (χ3v) is 3.55. The number of alkyl halides is 3. The standard InChI is InChI=1S/C14H18F3NO2/c1-18-6-5-10(8-18)13(19)9-20-12-4-2-3-11(7-12)14(15,16)17/h2-4,7,10,13,19H,5-6,8-9H2,1H3. The molecule has 1 aliphatic heterocycles. The fourth-order valence-corrected chi connectivity index (χ4v) is 2.36. The van der Waals surface area contributed by atoms with E-state index in [1.165, 1.54) is 12.1 Å². The molecular weight excluding hydrogens is 271 g/mol. The van der Waals surface area contributed by atoms with Crippen molar-refractivity contribution in [1.29, 1.82) is 0 Å². The molecule has 0 bridgehead atoms. The molecule has 1 N–H and O–H groups in total.